The van der Waals surface area contributed by atoms with E-state index in [-0.39, 0.29) is 0 Å². The van der Waals surface area contributed by atoms with E-state index in [1.165, 1.54) is 25.7 Å². The van der Waals surface area contributed by atoms with Gasteiger partial charge in [-0.15, -0.1) is 10.2 Å². The first kappa shape index (κ1) is 13.0. The van der Waals surface area contributed by atoms with Gasteiger partial charge in [0, 0.05) is 12.1 Å². The van der Waals surface area contributed by atoms with E-state index in [0.717, 1.165) is 41.5 Å². The maximum absolute atomic E-state index is 5.85. The van der Waals surface area contributed by atoms with Crippen molar-refractivity contribution >= 4 is 0 Å². The first-order chi connectivity index (χ1) is 10.3. The molecule has 2 aliphatic carbocycles. The Hall–Kier alpha value is -1.68. The molecule has 2 saturated carbocycles. The first-order valence-electron chi connectivity index (χ1n) is 8.04. The zero-order valence-electron chi connectivity index (χ0n) is 12.3. The number of benzene rings is 1. The van der Waals surface area contributed by atoms with E-state index in [1.54, 1.807) is 0 Å². The summed E-state index contributed by atoms with van der Waals surface area (Å²) < 4.78 is 2.16. The van der Waals surface area contributed by atoms with E-state index in [4.69, 9.17) is 5.73 Å². The number of fused-ring (bicyclic) bond motifs is 2. The van der Waals surface area contributed by atoms with E-state index in [9.17, 15) is 0 Å². The van der Waals surface area contributed by atoms with Crippen molar-refractivity contribution in [3.8, 4) is 5.69 Å². The fourth-order valence-electron chi connectivity index (χ4n) is 4.35. The maximum atomic E-state index is 5.85. The van der Waals surface area contributed by atoms with Gasteiger partial charge in [-0.3, -0.25) is 4.57 Å². The van der Waals surface area contributed by atoms with Crippen LogP contribution in [-0.4, -0.2) is 14.8 Å². The van der Waals surface area contributed by atoms with E-state index >= 15 is 0 Å². The third-order valence-electron chi connectivity index (χ3n) is 5.32. The summed E-state index contributed by atoms with van der Waals surface area (Å²) >= 11 is 0. The molecular formula is C17H22N4. The Morgan fingerprint density at radius 3 is 2.52 bits per heavy atom. The Morgan fingerprint density at radius 1 is 1.05 bits per heavy atom. The van der Waals surface area contributed by atoms with Gasteiger partial charge in [-0.2, -0.15) is 0 Å². The highest BCUT2D eigenvalue weighted by molar-refractivity contribution is 5.34. The Balaban J connectivity index is 1.65. The second kappa shape index (κ2) is 5.26. The summed E-state index contributed by atoms with van der Waals surface area (Å²) in [5.74, 6) is 4.62. The summed E-state index contributed by atoms with van der Waals surface area (Å²) in [6, 6.07) is 10.3. The first-order valence-corrected chi connectivity index (χ1v) is 8.04. The Bertz CT molecular complexity index is 619. The molecule has 1 heterocycles. The standard InChI is InChI=1S/C17H22N4/c18-11-17-20-19-16(21(17)15-4-2-1-3-5-15)10-14-9-12-6-7-13(14)8-12/h1-5,12-14H,6-11,18H2. The predicted molar refractivity (Wildman–Crippen MR) is 81.9 cm³/mol. The van der Waals surface area contributed by atoms with Crippen LogP contribution in [0, 0.1) is 17.8 Å². The average Bonchev–Trinajstić information content (AvgIpc) is 3.23. The molecule has 1 aromatic heterocycles. The molecule has 4 nitrogen and oxygen atoms in total. The van der Waals surface area contributed by atoms with Crippen LogP contribution in [0.2, 0.25) is 0 Å². The van der Waals surface area contributed by atoms with Crippen molar-refractivity contribution in [1.29, 1.82) is 0 Å². The predicted octanol–water partition coefficient (Wildman–Crippen LogP) is 2.70. The third kappa shape index (κ3) is 2.27. The third-order valence-corrected chi connectivity index (χ3v) is 5.32. The molecule has 0 radical (unpaired) electrons. The number of para-hydroxylation sites is 1. The lowest BCUT2D eigenvalue weighted by Crippen LogP contribution is -2.17. The van der Waals surface area contributed by atoms with E-state index in [2.05, 4.69) is 39.0 Å². The number of nitrogens with zero attached hydrogens (tertiary/aromatic N) is 3. The molecule has 4 heteroatoms. The molecule has 3 unspecified atom stereocenters. The molecule has 0 aliphatic heterocycles. The zero-order valence-corrected chi connectivity index (χ0v) is 12.3. The molecule has 0 saturated heterocycles. The summed E-state index contributed by atoms with van der Waals surface area (Å²) in [6.07, 6.45) is 6.72. The second-order valence-corrected chi connectivity index (χ2v) is 6.55. The monoisotopic (exact) mass is 282 g/mol. The lowest BCUT2D eigenvalue weighted by atomic mass is 9.86. The number of hydrogen-bond donors (Lipinski definition) is 1. The van der Waals surface area contributed by atoms with Gasteiger partial charge >= 0.3 is 0 Å². The number of hydrogen-bond acceptors (Lipinski definition) is 3. The summed E-state index contributed by atoms with van der Waals surface area (Å²) in [4.78, 5) is 0. The van der Waals surface area contributed by atoms with Crippen molar-refractivity contribution in [1.82, 2.24) is 14.8 Å². The summed E-state index contributed by atoms with van der Waals surface area (Å²) in [6.45, 7) is 0.429. The minimum absolute atomic E-state index is 0.429. The SMILES string of the molecule is NCc1nnc(CC2CC3CCC2C3)n1-c1ccccc1. The van der Waals surface area contributed by atoms with Gasteiger partial charge in [0.25, 0.3) is 0 Å². The van der Waals surface area contributed by atoms with Crippen LogP contribution in [0.25, 0.3) is 5.69 Å². The van der Waals surface area contributed by atoms with Crippen LogP contribution in [-0.2, 0) is 13.0 Å². The molecule has 2 aliphatic rings. The van der Waals surface area contributed by atoms with Crippen LogP contribution in [0.5, 0.6) is 0 Å². The molecule has 2 aromatic rings. The van der Waals surface area contributed by atoms with Gasteiger partial charge in [0.2, 0.25) is 0 Å². The highest BCUT2D eigenvalue weighted by Crippen LogP contribution is 2.49. The van der Waals surface area contributed by atoms with Crippen LogP contribution >= 0.6 is 0 Å². The summed E-state index contributed by atoms with van der Waals surface area (Å²) in [7, 11) is 0. The summed E-state index contributed by atoms with van der Waals surface area (Å²) in [5, 5.41) is 8.75. The van der Waals surface area contributed by atoms with Crippen molar-refractivity contribution in [2.24, 2.45) is 23.5 Å². The normalized spacial score (nSPS) is 27.4. The van der Waals surface area contributed by atoms with Crippen molar-refractivity contribution < 1.29 is 0 Å². The minimum atomic E-state index is 0.429. The van der Waals surface area contributed by atoms with E-state index in [0.29, 0.717) is 6.54 Å². The van der Waals surface area contributed by atoms with Crippen molar-refractivity contribution in [2.45, 2.75) is 38.6 Å². The van der Waals surface area contributed by atoms with Crippen molar-refractivity contribution in [3.63, 3.8) is 0 Å². The van der Waals surface area contributed by atoms with Crippen molar-refractivity contribution in [3.05, 3.63) is 42.0 Å². The highest BCUT2D eigenvalue weighted by atomic mass is 15.3. The minimum Gasteiger partial charge on any atom is -0.324 e. The molecule has 21 heavy (non-hydrogen) atoms. The lowest BCUT2D eigenvalue weighted by Gasteiger charge is -2.21. The molecular weight excluding hydrogens is 260 g/mol. The topological polar surface area (TPSA) is 56.7 Å². The van der Waals surface area contributed by atoms with Crippen LogP contribution in [0.3, 0.4) is 0 Å². The lowest BCUT2D eigenvalue weighted by molar-refractivity contribution is 0.325. The highest BCUT2D eigenvalue weighted by Gasteiger charge is 2.40. The van der Waals surface area contributed by atoms with Crippen LogP contribution in [0.1, 0.15) is 37.3 Å². The fourth-order valence-corrected chi connectivity index (χ4v) is 4.35. The largest absolute Gasteiger partial charge is 0.324 e. The Morgan fingerprint density at radius 2 is 1.86 bits per heavy atom. The van der Waals surface area contributed by atoms with Crippen LogP contribution in [0.15, 0.2) is 30.3 Å². The van der Waals surface area contributed by atoms with Gasteiger partial charge in [-0.1, -0.05) is 24.6 Å². The van der Waals surface area contributed by atoms with E-state index in [1.807, 2.05) is 6.07 Å². The molecule has 2 N–H and O–H groups in total. The van der Waals surface area contributed by atoms with Gasteiger partial charge in [0.15, 0.2) is 5.82 Å². The Labute approximate surface area is 125 Å². The molecule has 110 valence electrons. The second-order valence-electron chi connectivity index (χ2n) is 6.55. The van der Waals surface area contributed by atoms with Crippen molar-refractivity contribution in [2.75, 3.05) is 0 Å². The molecule has 0 spiro atoms. The quantitative estimate of drug-likeness (QED) is 0.938. The smallest absolute Gasteiger partial charge is 0.151 e. The average molecular weight is 282 g/mol. The number of nitrogens with two attached hydrogens (primary N) is 1. The number of aromatic nitrogens is 3. The van der Waals surface area contributed by atoms with Gasteiger partial charge in [-0.25, -0.2) is 0 Å². The molecule has 2 bridgehead atoms. The van der Waals surface area contributed by atoms with Gasteiger partial charge in [-0.05, 0) is 49.1 Å². The van der Waals surface area contributed by atoms with Crippen LogP contribution < -0.4 is 5.73 Å². The zero-order chi connectivity index (χ0) is 14.2. The van der Waals surface area contributed by atoms with Crippen LogP contribution in [0.4, 0.5) is 0 Å². The molecule has 3 atom stereocenters. The molecule has 0 amide bonds. The van der Waals surface area contributed by atoms with E-state index < -0.39 is 0 Å². The Kier molecular flexibility index (Phi) is 3.26. The molecule has 2 fully saturated rings. The summed E-state index contributed by atoms with van der Waals surface area (Å²) in [5.41, 5.74) is 6.97. The molecule has 1 aromatic carbocycles. The fraction of sp³-hybridized carbons (Fsp3) is 0.529. The van der Waals surface area contributed by atoms with Gasteiger partial charge < -0.3 is 5.73 Å². The number of rotatable bonds is 4. The van der Waals surface area contributed by atoms with Gasteiger partial charge in [0.1, 0.15) is 5.82 Å². The van der Waals surface area contributed by atoms with Gasteiger partial charge in [0.05, 0.1) is 6.54 Å². The maximum Gasteiger partial charge on any atom is 0.151 e. The molecule has 4 rings (SSSR count).